The second kappa shape index (κ2) is 7.11. The first kappa shape index (κ1) is 17.1. The predicted octanol–water partition coefficient (Wildman–Crippen LogP) is 4.22. The molecule has 0 fully saturated rings. The molecule has 0 saturated heterocycles. The zero-order valence-electron chi connectivity index (χ0n) is 15.4. The standard InChI is InChI=1S/C20H23N3O2S/c1-23(11-13-8-9-15(24-2)16(10-13)25-3)19-18-14-6-4-5-7-17(14)26-20(18)22-12-21-19/h8-10,12H,4-7,11H2,1-3H3. The number of hydrogen-bond acceptors (Lipinski definition) is 6. The largest absolute Gasteiger partial charge is 0.493 e. The van der Waals surface area contributed by atoms with Crippen LogP contribution in [0.15, 0.2) is 24.5 Å². The molecule has 1 aliphatic rings. The van der Waals surface area contributed by atoms with Gasteiger partial charge < -0.3 is 14.4 Å². The van der Waals surface area contributed by atoms with Gasteiger partial charge in [-0.3, -0.25) is 0 Å². The Morgan fingerprint density at radius 1 is 1.08 bits per heavy atom. The van der Waals surface area contributed by atoms with Crippen LogP contribution in [0.5, 0.6) is 11.5 Å². The molecule has 3 aromatic rings. The molecule has 0 atom stereocenters. The van der Waals surface area contributed by atoms with E-state index in [0.717, 1.165) is 40.7 Å². The quantitative estimate of drug-likeness (QED) is 0.674. The van der Waals surface area contributed by atoms with E-state index in [1.807, 2.05) is 23.5 Å². The van der Waals surface area contributed by atoms with Crippen molar-refractivity contribution in [1.82, 2.24) is 9.97 Å². The number of fused-ring (bicyclic) bond motifs is 3. The van der Waals surface area contributed by atoms with Crippen LogP contribution in [-0.4, -0.2) is 31.2 Å². The normalized spacial score (nSPS) is 13.5. The molecular formula is C20H23N3O2S. The molecule has 6 heteroatoms. The van der Waals surface area contributed by atoms with Crippen molar-refractivity contribution >= 4 is 27.4 Å². The third-order valence-electron chi connectivity index (χ3n) is 4.96. The Balaban J connectivity index is 1.68. The molecule has 0 amide bonds. The van der Waals surface area contributed by atoms with Gasteiger partial charge in [-0.15, -0.1) is 11.3 Å². The summed E-state index contributed by atoms with van der Waals surface area (Å²) in [4.78, 5) is 14.0. The molecule has 1 aromatic carbocycles. The van der Waals surface area contributed by atoms with E-state index in [0.29, 0.717) is 0 Å². The molecule has 0 aliphatic heterocycles. The van der Waals surface area contributed by atoms with Gasteiger partial charge in [0.05, 0.1) is 19.6 Å². The summed E-state index contributed by atoms with van der Waals surface area (Å²) in [6.45, 7) is 0.747. The predicted molar refractivity (Wildman–Crippen MR) is 106 cm³/mol. The van der Waals surface area contributed by atoms with Crippen LogP contribution in [0.25, 0.3) is 10.2 Å². The Morgan fingerprint density at radius 3 is 2.69 bits per heavy atom. The van der Waals surface area contributed by atoms with E-state index in [4.69, 9.17) is 9.47 Å². The van der Waals surface area contributed by atoms with Gasteiger partial charge in [-0.05, 0) is 48.9 Å². The minimum absolute atomic E-state index is 0.746. The van der Waals surface area contributed by atoms with Crippen LogP contribution >= 0.6 is 11.3 Å². The lowest BCUT2D eigenvalue weighted by Crippen LogP contribution is -2.18. The summed E-state index contributed by atoms with van der Waals surface area (Å²) in [5.41, 5.74) is 2.62. The number of aryl methyl sites for hydroxylation is 2. The molecule has 0 N–H and O–H groups in total. The molecule has 4 rings (SSSR count). The summed E-state index contributed by atoms with van der Waals surface area (Å²) in [7, 11) is 5.41. The third-order valence-corrected chi connectivity index (χ3v) is 6.16. The van der Waals surface area contributed by atoms with Crippen molar-refractivity contribution in [3.05, 3.63) is 40.5 Å². The van der Waals surface area contributed by atoms with Gasteiger partial charge in [-0.1, -0.05) is 6.07 Å². The fourth-order valence-corrected chi connectivity index (χ4v) is 4.91. The molecule has 0 saturated carbocycles. The molecule has 0 radical (unpaired) electrons. The van der Waals surface area contributed by atoms with Crippen molar-refractivity contribution in [3.8, 4) is 11.5 Å². The van der Waals surface area contributed by atoms with Crippen molar-refractivity contribution in [1.29, 1.82) is 0 Å². The summed E-state index contributed by atoms with van der Waals surface area (Å²) in [5.74, 6) is 2.51. The number of thiophene rings is 1. The zero-order valence-corrected chi connectivity index (χ0v) is 16.2. The summed E-state index contributed by atoms with van der Waals surface area (Å²) in [6.07, 6.45) is 6.54. The molecule has 5 nitrogen and oxygen atoms in total. The maximum Gasteiger partial charge on any atom is 0.161 e. The van der Waals surface area contributed by atoms with Gasteiger partial charge in [0.1, 0.15) is 17.0 Å². The second-order valence-corrected chi connectivity index (χ2v) is 7.72. The fourth-order valence-electron chi connectivity index (χ4n) is 3.69. The first-order valence-corrected chi connectivity index (χ1v) is 9.70. The number of methoxy groups -OCH3 is 2. The van der Waals surface area contributed by atoms with Gasteiger partial charge in [-0.2, -0.15) is 0 Å². The lowest BCUT2D eigenvalue weighted by atomic mass is 9.97. The Kier molecular flexibility index (Phi) is 4.68. The Bertz CT molecular complexity index is 938. The van der Waals surface area contributed by atoms with Crippen molar-refractivity contribution < 1.29 is 9.47 Å². The average molecular weight is 369 g/mol. The highest BCUT2D eigenvalue weighted by atomic mass is 32.1. The monoisotopic (exact) mass is 369 g/mol. The summed E-state index contributed by atoms with van der Waals surface area (Å²) < 4.78 is 10.8. The molecule has 136 valence electrons. The fraction of sp³-hybridized carbons (Fsp3) is 0.400. The van der Waals surface area contributed by atoms with Gasteiger partial charge in [0, 0.05) is 18.5 Å². The number of hydrogen-bond donors (Lipinski definition) is 0. The van der Waals surface area contributed by atoms with E-state index in [-0.39, 0.29) is 0 Å². The Hall–Kier alpha value is -2.34. The average Bonchev–Trinajstić information content (AvgIpc) is 3.06. The molecule has 0 spiro atoms. The minimum Gasteiger partial charge on any atom is -0.493 e. The topological polar surface area (TPSA) is 47.5 Å². The van der Waals surface area contributed by atoms with Crippen molar-refractivity contribution in [2.45, 2.75) is 32.2 Å². The number of ether oxygens (including phenoxy) is 2. The molecule has 1 aliphatic carbocycles. The van der Waals surface area contributed by atoms with Crippen LogP contribution in [0.3, 0.4) is 0 Å². The minimum atomic E-state index is 0.746. The lowest BCUT2D eigenvalue weighted by Gasteiger charge is -2.21. The molecule has 0 bridgehead atoms. The van der Waals surface area contributed by atoms with Gasteiger partial charge in [-0.25, -0.2) is 9.97 Å². The van der Waals surface area contributed by atoms with Crippen LogP contribution in [0.4, 0.5) is 5.82 Å². The van der Waals surface area contributed by atoms with E-state index in [2.05, 4.69) is 28.0 Å². The molecule has 26 heavy (non-hydrogen) atoms. The van der Waals surface area contributed by atoms with Crippen molar-refractivity contribution in [3.63, 3.8) is 0 Å². The third kappa shape index (κ3) is 2.98. The summed E-state index contributed by atoms with van der Waals surface area (Å²) >= 11 is 1.83. The Morgan fingerprint density at radius 2 is 1.88 bits per heavy atom. The van der Waals surface area contributed by atoms with Crippen molar-refractivity contribution in [2.75, 3.05) is 26.2 Å². The molecule has 2 aromatic heterocycles. The highest BCUT2D eigenvalue weighted by molar-refractivity contribution is 7.19. The summed E-state index contributed by atoms with van der Waals surface area (Å²) in [5, 5.41) is 1.25. The van der Waals surface area contributed by atoms with Crippen LogP contribution < -0.4 is 14.4 Å². The van der Waals surface area contributed by atoms with Gasteiger partial charge in [0.25, 0.3) is 0 Å². The van der Waals surface area contributed by atoms with Crippen LogP contribution in [0, 0.1) is 0 Å². The van der Waals surface area contributed by atoms with Crippen LogP contribution in [0.1, 0.15) is 28.8 Å². The van der Waals surface area contributed by atoms with E-state index >= 15 is 0 Å². The van der Waals surface area contributed by atoms with E-state index in [1.54, 1.807) is 20.5 Å². The SMILES string of the molecule is COc1ccc(CN(C)c2ncnc3sc4c(c23)CCCC4)cc1OC. The van der Waals surface area contributed by atoms with Crippen LogP contribution in [0.2, 0.25) is 0 Å². The number of benzene rings is 1. The van der Waals surface area contributed by atoms with E-state index in [9.17, 15) is 0 Å². The summed E-state index contributed by atoms with van der Waals surface area (Å²) in [6, 6.07) is 6.04. The number of rotatable bonds is 5. The maximum atomic E-state index is 5.43. The highest BCUT2D eigenvalue weighted by Gasteiger charge is 2.21. The van der Waals surface area contributed by atoms with Crippen LogP contribution in [-0.2, 0) is 19.4 Å². The molecule has 0 unspecified atom stereocenters. The molecular weight excluding hydrogens is 346 g/mol. The highest BCUT2D eigenvalue weighted by Crippen LogP contribution is 2.39. The van der Waals surface area contributed by atoms with Gasteiger partial charge in [0.2, 0.25) is 0 Å². The van der Waals surface area contributed by atoms with Gasteiger partial charge in [0.15, 0.2) is 11.5 Å². The van der Waals surface area contributed by atoms with E-state index < -0.39 is 0 Å². The Labute approximate surface area is 157 Å². The smallest absolute Gasteiger partial charge is 0.161 e. The number of aromatic nitrogens is 2. The maximum absolute atomic E-state index is 5.43. The first-order valence-electron chi connectivity index (χ1n) is 8.88. The second-order valence-electron chi connectivity index (χ2n) is 6.63. The van der Waals surface area contributed by atoms with Gasteiger partial charge >= 0.3 is 0 Å². The zero-order chi connectivity index (χ0) is 18.1. The lowest BCUT2D eigenvalue weighted by molar-refractivity contribution is 0.354. The number of nitrogens with zero attached hydrogens (tertiary/aromatic N) is 3. The van der Waals surface area contributed by atoms with Crippen molar-refractivity contribution in [2.24, 2.45) is 0 Å². The number of anilines is 1. The molecule has 2 heterocycles. The van der Waals surface area contributed by atoms with E-state index in [1.165, 1.54) is 35.1 Å². The first-order chi connectivity index (χ1) is 12.7.